The van der Waals surface area contributed by atoms with Crippen LogP contribution in [0.25, 0.3) is 0 Å². The molecule has 0 aliphatic carbocycles. The van der Waals surface area contributed by atoms with Crippen molar-refractivity contribution < 1.29 is 16.5 Å². The van der Waals surface area contributed by atoms with Crippen molar-refractivity contribution >= 4 is 0 Å². The van der Waals surface area contributed by atoms with Crippen LogP contribution >= 0.6 is 0 Å². The van der Waals surface area contributed by atoms with Gasteiger partial charge in [-0.15, -0.1) is 0 Å². The summed E-state index contributed by atoms with van der Waals surface area (Å²) in [5.74, 6) is 0. The molecular formula is C3H6Ni. The molecule has 0 aromatic heterocycles. The molecule has 0 rings (SSSR count). The van der Waals surface area contributed by atoms with Crippen LogP contribution in [0.15, 0.2) is 0 Å². The Morgan fingerprint density at radius 2 is 1.25 bits per heavy atom. The van der Waals surface area contributed by atoms with Crippen LogP contribution in [-0.2, 0) is 16.5 Å². The van der Waals surface area contributed by atoms with Gasteiger partial charge < -0.3 is 20.3 Å². The number of rotatable bonds is 0. The molecule has 1 heteroatoms. The maximum atomic E-state index is 3.38. The van der Waals surface area contributed by atoms with E-state index in [-0.39, 0.29) is 16.5 Å². The molecule has 0 amide bonds. The van der Waals surface area contributed by atoms with Gasteiger partial charge >= 0.3 is 16.5 Å². The third-order valence-electron chi connectivity index (χ3n) is 0. The van der Waals surface area contributed by atoms with Crippen LogP contribution in [-0.4, -0.2) is 0 Å². The van der Waals surface area contributed by atoms with E-state index in [1.807, 2.05) is 0 Å². The fourth-order valence-corrected chi connectivity index (χ4v) is 0. The monoisotopic (exact) mass is 100.0 g/mol. The zero-order valence-corrected chi connectivity index (χ0v) is 3.43. The van der Waals surface area contributed by atoms with Crippen LogP contribution in [0.1, 0.15) is 6.42 Å². The molecular weight excluding hydrogens is 94.7 g/mol. The van der Waals surface area contributed by atoms with E-state index in [1.165, 1.54) is 0 Å². The second-order valence-corrected chi connectivity index (χ2v) is 0.354. The zero-order valence-electron chi connectivity index (χ0n) is 2.44. The number of hydrogen-bond donors (Lipinski definition) is 0. The molecule has 0 aliphatic rings. The summed E-state index contributed by atoms with van der Waals surface area (Å²) in [6.45, 7) is 6.75. The van der Waals surface area contributed by atoms with Gasteiger partial charge in [-0.1, -0.05) is 0 Å². The summed E-state index contributed by atoms with van der Waals surface area (Å²) >= 11 is 0. The second-order valence-electron chi connectivity index (χ2n) is 0.354. The van der Waals surface area contributed by atoms with E-state index >= 15 is 0 Å². The summed E-state index contributed by atoms with van der Waals surface area (Å²) in [4.78, 5) is 0. The summed E-state index contributed by atoms with van der Waals surface area (Å²) < 4.78 is 0. The van der Waals surface area contributed by atoms with E-state index < -0.39 is 0 Å². The van der Waals surface area contributed by atoms with Crippen LogP contribution in [0.3, 0.4) is 0 Å². The van der Waals surface area contributed by atoms with E-state index in [2.05, 4.69) is 13.8 Å². The summed E-state index contributed by atoms with van der Waals surface area (Å²) in [5, 5.41) is 0. The Bertz CT molecular complexity index is 3.25. The minimum atomic E-state index is 0. The normalized spacial score (nSPS) is 4.50. The maximum absolute atomic E-state index is 3.38. The van der Waals surface area contributed by atoms with Crippen molar-refractivity contribution in [1.29, 1.82) is 0 Å². The van der Waals surface area contributed by atoms with Gasteiger partial charge in [0.25, 0.3) is 0 Å². The fourth-order valence-electron chi connectivity index (χ4n) is 0. The molecule has 0 spiro atoms. The first-order valence-electron chi connectivity index (χ1n) is 1.000. The third kappa shape index (κ3) is 22.8. The van der Waals surface area contributed by atoms with Crippen molar-refractivity contribution in [3.63, 3.8) is 0 Å². The Balaban J connectivity index is 0. The van der Waals surface area contributed by atoms with Gasteiger partial charge in [0.1, 0.15) is 0 Å². The quantitative estimate of drug-likeness (QED) is 0.315. The van der Waals surface area contributed by atoms with Crippen molar-refractivity contribution in [2.75, 3.05) is 0 Å². The standard InChI is InChI=1S/C3H6.Ni/c1-3-2;/h1-3H2;/q-2;+2. The Labute approximate surface area is 37.5 Å². The van der Waals surface area contributed by atoms with Crippen molar-refractivity contribution in [1.82, 2.24) is 0 Å². The predicted octanol–water partition coefficient (Wildman–Crippen LogP) is 1.04. The molecule has 0 aromatic rings. The summed E-state index contributed by atoms with van der Waals surface area (Å²) in [5.41, 5.74) is 0. The van der Waals surface area contributed by atoms with Gasteiger partial charge in [0, 0.05) is 0 Å². The van der Waals surface area contributed by atoms with Gasteiger partial charge in [-0.2, -0.15) is 0 Å². The molecule has 28 valence electrons. The fraction of sp³-hybridized carbons (Fsp3) is 0.333. The maximum Gasteiger partial charge on any atom is 2.00 e. The molecule has 0 fully saturated rings. The smallest absolute Gasteiger partial charge is 0.372 e. The molecule has 0 aromatic carbocycles. The van der Waals surface area contributed by atoms with E-state index in [4.69, 9.17) is 0 Å². The van der Waals surface area contributed by atoms with Gasteiger partial charge in [0.2, 0.25) is 0 Å². The first-order valence-corrected chi connectivity index (χ1v) is 1.000. The van der Waals surface area contributed by atoms with Crippen LogP contribution in [0.5, 0.6) is 0 Å². The minimum Gasteiger partial charge on any atom is -0.372 e. The first kappa shape index (κ1) is 8.82. The average molecular weight is 101 g/mol. The molecule has 4 heavy (non-hydrogen) atoms. The zero-order chi connectivity index (χ0) is 2.71. The summed E-state index contributed by atoms with van der Waals surface area (Å²) in [6.07, 6.45) is 0.750. The Hall–Kier alpha value is 0.494. The molecule has 0 radical (unpaired) electrons. The van der Waals surface area contributed by atoms with Crippen LogP contribution in [0.2, 0.25) is 0 Å². The molecule has 0 N–H and O–H groups in total. The van der Waals surface area contributed by atoms with E-state index in [0.717, 1.165) is 6.42 Å². The molecule has 0 saturated carbocycles. The Kier molecular flexibility index (Phi) is 21.5. The van der Waals surface area contributed by atoms with Crippen LogP contribution in [0, 0.1) is 13.8 Å². The molecule has 0 atom stereocenters. The van der Waals surface area contributed by atoms with E-state index in [1.54, 1.807) is 0 Å². The third-order valence-corrected chi connectivity index (χ3v) is 0. The van der Waals surface area contributed by atoms with Gasteiger partial charge in [0.15, 0.2) is 0 Å². The second kappa shape index (κ2) is 9.74. The van der Waals surface area contributed by atoms with Crippen LogP contribution in [0.4, 0.5) is 0 Å². The van der Waals surface area contributed by atoms with Crippen molar-refractivity contribution in [2.24, 2.45) is 0 Å². The van der Waals surface area contributed by atoms with Gasteiger partial charge in [0.05, 0.1) is 0 Å². The van der Waals surface area contributed by atoms with Crippen molar-refractivity contribution in [3.8, 4) is 0 Å². The topological polar surface area (TPSA) is 0 Å². The average Bonchev–Trinajstić information content (AvgIpc) is 0.918. The van der Waals surface area contributed by atoms with E-state index in [0.29, 0.717) is 0 Å². The predicted molar refractivity (Wildman–Crippen MR) is 15.3 cm³/mol. The number of hydrogen-bond acceptors (Lipinski definition) is 0. The van der Waals surface area contributed by atoms with Crippen molar-refractivity contribution in [3.05, 3.63) is 13.8 Å². The van der Waals surface area contributed by atoms with Crippen molar-refractivity contribution in [2.45, 2.75) is 6.42 Å². The van der Waals surface area contributed by atoms with Gasteiger partial charge in [-0.05, 0) is 0 Å². The minimum absolute atomic E-state index is 0. The first-order chi connectivity index (χ1) is 1.41. The Morgan fingerprint density at radius 1 is 1.25 bits per heavy atom. The molecule has 0 heterocycles. The summed E-state index contributed by atoms with van der Waals surface area (Å²) in [7, 11) is 0. The van der Waals surface area contributed by atoms with Crippen LogP contribution < -0.4 is 0 Å². The van der Waals surface area contributed by atoms with Gasteiger partial charge in [-0.25, -0.2) is 0 Å². The molecule has 0 unspecified atom stereocenters. The molecule has 0 aliphatic heterocycles. The molecule has 0 saturated heterocycles. The largest absolute Gasteiger partial charge is 2.00 e. The van der Waals surface area contributed by atoms with Gasteiger partial charge in [-0.3, -0.25) is 0 Å². The summed E-state index contributed by atoms with van der Waals surface area (Å²) in [6, 6.07) is 0. The molecule has 0 nitrogen and oxygen atoms in total. The SMILES string of the molecule is [CH2-]C[CH2-].[Ni+2]. The van der Waals surface area contributed by atoms with E-state index in [9.17, 15) is 0 Å². The Morgan fingerprint density at radius 3 is 1.25 bits per heavy atom. The molecule has 0 bridgehead atoms.